The predicted octanol–water partition coefficient (Wildman–Crippen LogP) is 2.89. The highest BCUT2D eigenvalue weighted by molar-refractivity contribution is 6.06. The number of ether oxygens (including phenoxy) is 1. The van der Waals surface area contributed by atoms with Gasteiger partial charge in [-0.25, -0.2) is 5.43 Å². The van der Waals surface area contributed by atoms with E-state index in [4.69, 9.17) is 4.74 Å². The summed E-state index contributed by atoms with van der Waals surface area (Å²) in [5.41, 5.74) is 3.34. The van der Waals surface area contributed by atoms with Crippen LogP contribution >= 0.6 is 0 Å². The molecule has 1 amide bonds. The van der Waals surface area contributed by atoms with E-state index in [9.17, 15) is 14.7 Å². The number of hydrazone groups is 1. The number of nitrogens with one attached hydrogen (secondary N) is 1. The quantitative estimate of drug-likeness (QED) is 0.527. The molecule has 1 heterocycles. The first-order valence-electron chi connectivity index (χ1n) is 8.81. The van der Waals surface area contributed by atoms with Crippen LogP contribution in [0.25, 0.3) is 10.9 Å². The molecule has 3 aromatic rings. The van der Waals surface area contributed by atoms with E-state index in [2.05, 4.69) is 10.5 Å². The minimum absolute atomic E-state index is 0.0616. The molecule has 0 spiro atoms. The molecule has 0 aliphatic heterocycles. The number of pyridine rings is 1. The second-order valence-electron chi connectivity index (χ2n) is 6.16. The number of nitrogens with zero attached hydrogens (tertiary/aromatic N) is 2. The zero-order chi connectivity index (χ0) is 20.3. The van der Waals surface area contributed by atoms with Crippen LogP contribution in [-0.4, -0.2) is 28.4 Å². The van der Waals surface area contributed by atoms with E-state index in [-0.39, 0.29) is 22.6 Å². The summed E-state index contributed by atoms with van der Waals surface area (Å²) in [4.78, 5) is 25.2. The highest BCUT2D eigenvalue weighted by atomic mass is 16.5. The molecule has 0 bridgehead atoms. The third kappa shape index (κ3) is 3.46. The van der Waals surface area contributed by atoms with Crippen LogP contribution in [0.4, 0.5) is 0 Å². The molecule has 0 atom stereocenters. The Morgan fingerprint density at radius 2 is 1.96 bits per heavy atom. The zero-order valence-corrected chi connectivity index (χ0v) is 15.9. The number of carbonyl (C=O) groups is 1. The van der Waals surface area contributed by atoms with Gasteiger partial charge in [-0.3, -0.25) is 9.59 Å². The van der Waals surface area contributed by atoms with Crippen molar-refractivity contribution in [3.05, 3.63) is 70.0 Å². The van der Waals surface area contributed by atoms with Gasteiger partial charge in [0.2, 0.25) is 0 Å². The number of hydrogen-bond acceptors (Lipinski definition) is 5. The highest BCUT2D eigenvalue weighted by Crippen LogP contribution is 2.26. The summed E-state index contributed by atoms with van der Waals surface area (Å²) >= 11 is 0. The predicted molar refractivity (Wildman–Crippen MR) is 108 cm³/mol. The van der Waals surface area contributed by atoms with E-state index < -0.39 is 5.91 Å². The lowest BCUT2D eigenvalue weighted by molar-refractivity contribution is 0.0954. The molecular weight excluding hydrogens is 358 g/mol. The normalized spacial score (nSPS) is 11.5. The van der Waals surface area contributed by atoms with E-state index in [1.54, 1.807) is 54.0 Å². The monoisotopic (exact) mass is 379 g/mol. The number of benzene rings is 2. The van der Waals surface area contributed by atoms with Gasteiger partial charge in [-0.1, -0.05) is 18.2 Å². The average Bonchev–Trinajstić information content (AvgIpc) is 2.72. The van der Waals surface area contributed by atoms with Crippen molar-refractivity contribution < 1.29 is 14.6 Å². The molecule has 0 radical (unpaired) electrons. The zero-order valence-electron chi connectivity index (χ0n) is 15.9. The van der Waals surface area contributed by atoms with Gasteiger partial charge >= 0.3 is 0 Å². The van der Waals surface area contributed by atoms with Crippen molar-refractivity contribution in [2.45, 2.75) is 20.4 Å². The van der Waals surface area contributed by atoms with Gasteiger partial charge < -0.3 is 14.4 Å². The maximum Gasteiger partial charge on any atom is 0.271 e. The molecule has 0 saturated carbocycles. The van der Waals surface area contributed by atoms with Gasteiger partial charge in [0.05, 0.1) is 18.3 Å². The van der Waals surface area contributed by atoms with Crippen LogP contribution in [0.15, 0.2) is 58.4 Å². The van der Waals surface area contributed by atoms with Crippen molar-refractivity contribution in [3.8, 4) is 11.5 Å². The van der Waals surface area contributed by atoms with Gasteiger partial charge in [0.15, 0.2) is 0 Å². The van der Waals surface area contributed by atoms with E-state index in [1.165, 1.54) is 7.11 Å². The topological polar surface area (TPSA) is 92.9 Å². The Morgan fingerprint density at radius 3 is 2.68 bits per heavy atom. The number of amides is 1. The number of aromatic nitrogens is 1. The van der Waals surface area contributed by atoms with Crippen molar-refractivity contribution in [2.75, 3.05) is 7.11 Å². The second kappa shape index (κ2) is 7.96. The number of fused-ring (bicyclic) bond motifs is 1. The maximum atomic E-state index is 12.9. The fraction of sp³-hybridized carbons (Fsp3) is 0.190. The fourth-order valence-corrected chi connectivity index (χ4v) is 3.05. The molecular formula is C21H21N3O4. The Kier molecular flexibility index (Phi) is 5.44. The minimum Gasteiger partial charge on any atom is -0.506 e. The number of aromatic hydroxyl groups is 1. The summed E-state index contributed by atoms with van der Waals surface area (Å²) in [7, 11) is 1.51. The molecule has 0 unspecified atom stereocenters. The smallest absolute Gasteiger partial charge is 0.271 e. The second-order valence-corrected chi connectivity index (χ2v) is 6.16. The van der Waals surface area contributed by atoms with Crippen molar-refractivity contribution in [1.82, 2.24) is 9.99 Å². The Labute approximate surface area is 161 Å². The average molecular weight is 379 g/mol. The van der Waals surface area contributed by atoms with Crippen LogP contribution in [0.2, 0.25) is 0 Å². The molecule has 0 fully saturated rings. The van der Waals surface area contributed by atoms with Gasteiger partial charge in [-0.15, -0.1) is 0 Å². The Bertz CT molecular complexity index is 1130. The molecule has 0 aliphatic rings. The van der Waals surface area contributed by atoms with Crippen LogP contribution in [0.3, 0.4) is 0 Å². The number of para-hydroxylation sites is 1. The molecule has 28 heavy (non-hydrogen) atoms. The van der Waals surface area contributed by atoms with Crippen molar-refractivity contribution in [1.29, 1.82) is 0 Å². The third-order valence-corrected chi connectivity index (χ3v) is 4.48. The van der Waals surface area contributed by atoms with E-state index in [0.29, 0.717) is 28.8 Å². The standard InChI is InChI=1S/C21H21N3O4/c1-4-24-17-11-6-5-10-16(17)19(25)18(21(24)27)13(2)22-23-20(26)14-8-7-9-15(12-14)28-3/h5-12,25H,4H2,1-3H3,(H,23,26). The molecule has 3 rings (SSSR count). The Balaban J connectivity index is 2.00. The van der Waals surface area contributed by atoms with Crippen LogP contribution in [0.1, 0.15) is 29.8 Å². The fourth-order valence-electron chi connectivity index (χ4n) is 3.05. The maximum absolute atomic E-state index is 12.9. The molecule has 2 aromatic carbocycles. The van der Waals surface area contributed by atoms with E-state index >= 15 is 0 Å². The van der Waals surface area contributed by atoms with Gasteiger partial charge in [-0.05, 0) is 44.2 Å². The third-order valence-electron chi connectivity index (χ3n) is 4.48. The summed E-state index contributed by atoms with van der Waals surface area (Å²) in [6, 6.07) is 13.7. The molecule has 7 heteroatoms. The van der Waals surface area contributed by atoms with Crippen LogP contribution in [-0.2, 0) is 6.54 Å². The summed E-state index contributed by atoms with van der Waals surface area (Å²) in [5.74, 6) is -0.0529. The number of hydrogen-bond donors (Lipinski definition) is 2. The minimum atomic E-state index is -0.450. The van der Waals surface area contributed by atoms with Crippen molar-refractivity contribution in [3.63, 3.8) is 0 Å². The summed E-state index contributed by atoms with van der Waals surface area (Å²) < 4.78 is 6.67. The van der Waals surface area contributed by atoms with Gasteiger partial charge in [0.1, 0.15) is 17.1 Å². The number of carbonyl (C=O) groups excluding carboxylic acids is 1. The summed E-state index contributed by atoms with van der Waals surface area (Å²) in [6.45, 7) is 3.86. The first-order valence-corrected chi connectivity index (χ1v) is 8.81. The molecule has 1 aromatic heterocycles. The summed E-state index contributed by atoms with van der Waals surface area (Å²) in [5, 5.41) is 15.2. The first kappa shape index (κ1) is 19.2. The van der Waals surface area contributed by atoms with E-state index in [0.717, 1.165) is 0 Å². The Morgan fingerprint density at radius 1 is 1.21 bits per heavy atom. The summed E-state index contributed by atoms with van der Waals surface area (Å²) in [6.07, 6.45) is 0. The molecule has 7 nitrogen and oxygen atoms in total. The number of rotatable bonds is 5. The van der Waals surface area contributed by atoms with E-state index in [1.807, 2.05) is 13.0 Å². The lowest BCUT2D eigenvalue weighted by Gasteiger charge is -2.13. The van der Waals surface area contributed by atoms with Gasteiger partial charge in [0.25, 0.3) is 11.5 Å². The molecule has 0 aliphatic carbocycles. The van der Waals surface area contributed by atoms with Gasteiger partial charge in [-0.2, -0.15) is 5.10 Å². The lowest BCUT2D eigenvalue weighted by Crippen LogP contribution is -2.27. The van der Waals surface area contributed by atoms with Crippen LogP contribution < -0.4 is 15.7 Å². The molecule has 2 N–H and O–H groups in total. The van der Waals surface area contributed by atoms with Crippen LogP contribution in [0.5, 0.6) is 11.5 Å². The lowest BCUT2D eigenvalue weighted by atomic mass is 10.1. The molecule has 144 valence electrons. The SMILES string of the molecule is CCn1c(=O)c(C(C)=NNC(=O)c2cccc(OC)c2)c(O)c2ccccc21. The van der Waals surface area contributed by atoms with Crippen molar-refractivity contribution in [2.24, 2.45) is 5.10 Å². The highest BCUT2D eigenvalue weighted by Gasteiger charge is 2.18. The Hall–Kier alpha value is -3.61. The molecule has 0 saturated heterocycles. The van der Waals surface area contributed by atoms with Crippen molar-refractivity contribution >= 4 is 22.5 Å². The number of aryl methyl sites for hydroxylation is 1. The first-order chi connectivity index (χ1) is 13.5. The number of methoxy groups -OCH3 is 1. The largest absolute Gasteiger partial charge is 0.506 e. The van der Waals surface area contributed by atoms with Crippen LogP contribution in [0, 0.1) is 0 Å². The van der Waals surface area contributed by atoms with Gasteiger partial charge in [0, 0.05) is 17.5 Å².